The minimum Gasteiger partial charge on any atom is -0.494 e. The molecular weight excluding hydrogens is 493 g/mol. The van der Waals surface area contributed by atoms with Gasteiger partial charge in [0.2, 0.25) is 11.8 Å². The van der Waals surface area contributed by atoms with Gasteiger partial charge in [-0.2, -0.15) is 18.4 Å². The molecule has 2 aromatic rings. The molecule has 1 amide bonds. The van der Waals surface area contributed by atoms with Gasteiger partial charge in [0, 0.05) is 19.5 Å². The third kappa shape index (κ3) is 3.88. The Hall–Kier alpha value is -3.43. The monoisotopic (exact) mass is 520 g/mol. The molecule has 37 heavy (non-hydrogen) atoms. The molecule has 0 unspecified atom stereocenters. The summed E-state index contributed by atoms with van der Waals surface area (Å²) < 4.78 is 53.4. The normalized spacial score (nSPS) is 27.6. The molecule has 3 atom stereocenters. The predicted octanol–water partition coefficient (Wildman–Crippen LogP) is 3.83. The molecule has 0 aliphatic carbocycles. The zero-order valence-corrected chi connectivity index (χ0v) is 20.5. The van der Waals surface area contributed by atoms with Crippen LogP contribution in [-0.2, 0) is 26.9 Å². The highest BCUT2D eigenvalue weighted by Gasteiger charge is 2.65. The van der Waals surface area contributed by atoms with Crippen LogP contribution < -0.4 is 5.32 Å². The molecule has 3 aliphatic heterocycles. The number of alkyl carbamates (subject to hydrolysis) is 1. The number of aromatic hydroxyl groups is 2. The van der Waals surface area contributed by atoms with Crippen molar-refractivity contribution in [3.8, 4) is 23.5 Å². The second-order valence-electron chi connectivity index (χ2n) is 10.3. The van der Waals surface area contributed by atoms with Gasteiger partial charge < -0.3 is 29.9 Å². The number of benzene rings is 1. The zero-order valence-electron chi connectivity index (χ0n) is 20.5. The third-order valence-electron chi connectivity index (χ3n) is 7.76. The third-order valence-corrected chi connectivity index (χ3v) is 7.76. The summed E-state index contributed by atoms with van der Waals surface area (Å²) in [6.07, 6.45) is -3.97. The summed E-state index contributed by atoms with van der Waals surface area (Å²) in [6.45, 7) is 4.96. The van der Waals surface area contributed by atoms with Gasteiger partial charge in [0.05, 0.1) is 45.7 Å². The van der Waals surface area contributed by atoms with Crippen LogP contribution in [0.2, 0.25) is 0 Å². The number of carbonyl (C=O) groups excluding carboxylic acids is 1. The molecule has 198 valence electrons. The van der Waals surface area contributed by atoms with Crippen molar-refractivity contribution >= 4 is 6.09 Å². The van der Waals surface area contributed by atoms with Crippen molar-refractivity contribution < 1.29 is 37.7 Å². The van der Waals surface area contributed by atoms with Crippen LogP contribution in [0.5, 0.6) is 11.8 Å². The summed E-state index contributed by atoms with van der Waals surface area (Å²) in [4.78, 5) is 14.9. The molecule has 3 N–H and O–H groups in total. The number of likely N-dealkylation sites (tertiary alicyclic amines) is 1. The Morgan fingerprint density at radius 1 is 1.22 bits per heavy atom. The maximum Gasteiger partial charge on any atom is 0.417 e. The van der Waals surface area contributed by atoms with E-state index in [1.807, 2.05) is 7.05 Å². The number of ether oxygens (including phenoxy) is 2. The number of halogens is 3. The van der Waals surface area contributed by atoms with Crippen LogP contribution >= 0.6 is 0 Å². The van der Waals surface area contributed by atoms with Crippen molar-refractivity contribution in [1.29, 1.82) is 5.26 Å². The first-order valence-electron chi connectivity index (χ1n) is 11.9. The van der Waals surface area contributed by atoms with Gasteiger partial charge in [0.1, 0.15) is 11.7 Å². The number of hydrogen-bond acceptors (Lipinski definition) is 7. The highest BCUT2D eigenvalue weighted by atomic mass is 19.4. The molecule has 2 fully saturated rings. The average Bonchev–Trinajstić information content (AvgIpc) is 3.34. The number of hydrogen-bond donors (Lipinski definition) is 3. The fourth-order valence-electron chi connectivity index (χ4n) is 5.93. The topological polar surface area (TPSA) is 120 Å². The Balaban J connectivity index is 1.47. The average molecular weight is 521 g/mol. The molecule has 12 heteroatoms. The van der Waals surface area contributed by atoms with E-state index in [1.165, 1.54) is 12.1 Å². The van der Waals surface area contributed by atoms with Crippen molar-refractivity contribution in [2.24, 2.45) is 0 Å². The fourth-order valence-corrected chi connectivity index (χ4v) is 5.93. The Bertz CT molecular complexity index is 1310. The maximum absolute atomic E-state index is 13.6. The number of fused-ring (bicyclic) bond motifs is 5. The summed E-state index contributed by atoms with van der Waals surface area (Å²) in [5.41, 5.74) is -3.91. The lowest BCUT2D eigenvalue weighted by Gasteiger charge is -2.32. The highest BCUT2D eigenvalue weighted by Crippen LogP contribution is 2.64. The summed E-state index contributed by atoms with van der Waals surface area (Å²) >= 11 is 0. The van der Waals surface area contributed by atoms with E-state index in [0.29, 0.717) is 18.9 Å². The first-order valence-corrected chi connectivity index (χ1v) is 11.9. The standard InChI is InChI=1S/C25H27F3N4O5/c1-23-11-17(30-22(35)36-15-6-8-31(3)9-7-15)24(2,37-23)19-18(23)20(33)32(21(19)34)14-5-4-13(12-29)16(10-14)25(26,27)28/h4-5,10,15,17,33-34H,6-9,11H2,1-3H3,(H,30,35)/t17-,23-,24+/m1/s1. The largest absolute Gasteiger partial charge is 0.494 e. The van der Waals surface area contributed by atoms with Crippen LogP contribution in [0.15, 0.2) is 18.2 Å². The molecule has 9 nitrogen and oxygen atoms in total. The van der Waals surface area contributed by atoms with Crippen molar-refractivity contribution in [2.45, 2.75) is 62.6 Å². The lowest BCUT2D eigenvalue weighted by Crippen LogP contribution is -2.48. The minimum absolute atomic E-state index is 0.173. The number of nitrogens with one attached hydrogen (secondary N) is 1. The lowest BCUT2D eigenvalue weighted by molar-refractivity contribution is -0.137. The minimum atomic E-state index is -4.81. The number of nitriles is 1. The van der Waals surface area contributed by atoms with E-state index >= 15 is 0 Å². The van der Waals surface area contributed by atoms with E-state index in [1.54, 1.807) is 13.8 Å². The lowest BCUT2D eigenvalue weighted by atomic mass is 9.76. The molecule has 2 bridgehead atoms. The van der Waals surface area contributed by atoms with Crippen LogP contribution in [0.25, 0.3) is 5.69 Å². The number of amides is 1. The van der Waals surface area contributed by atoms with Gasteiger partial charge in [-0.1, -0.05) is 0 Å². The van der Waals surface area contributed by atoms with Crippen LogP contribution in [0, 0.1) is 11.3 Å². The molecule has 0 spiro atoms. The predicted molar refractivity (Wildman–Crippen MR) is 123 cm³/mol. The summed E-state index contributed by atoms with van der Waals surface area (Å²) in [5.74, 6) is -0.976. The van der Waals surface area contributed by atoms with Gasteiger partial charge in [-0.15, -0.1) is 0 Å². The van der Waals surface area contributed by atoms with E-state index < -0.39 is 52.4 Å². The number of rotatable bonds is 3. The fraction of sp³-hybridized carbons (Fsp3) is 0.520. The van der Waals surface area contributed by atoms with Crippen molar-refractivity contribution in [3.63, 3.8) is 0 Å². The SMILES string of the molecule is CN1CCC(OC(=O)N[C@@H]2C[C@@]3(C)O[C@]2(C)c2c3c(O)n(-c3ccc(C#N)c(C(F)(F)F)c3)c2O)CC1. The molecular formula is C25H27F3N4O5. The van der Waals surface area contributed by atoms with Crippen LogP contribution in [-0.4, -0.2) is 58.1 Å². The molecule has 2 saturated heterocycles. The summed E-state index contributed by atoms with van der Waals surface area (Å²) in [6, 6.07) is 3.79. The second kappa shape index (κ2) is 8.29. The van der Waals surface area contributed by atoms with E-state index in [0.717, 1.165) is 23.7 Å². The molecule has 1 aromatic carbocycles. The quantitative estimate of drug-likeness (QED) is 0.563. The molecule has 1 aromatic heterocycles. The van der Waals surface area contributed by atoms with Gasteiger partial charge in [0.25, 0.3) is 0 Å². The van der Waals surface area contributed by atoms with Crippen molar-refractivity contribution in [1.82, 2.24) is 14.8 Å². The van der Waals surface area contributed by atoms with Crippen molar-refractivity contribution in [3.05, 3.63) is 40.5 Å². The van der Waals surface area contributed by atoms with E-state index in [-0.39, 0.29) is 29.3 Å². The summed E-state index contributed by atoms with van der Waals surface area (Å²) in [5, 5.41) is 34.2. The molecule has 3 aliphatic rings. The smallest absolute Gasteiger partial charge is 0.417 e. The van der Waals surface area contributed by atoms with Gasteiger partial charge in [0.15, 0.2) is 0 Å². The van der Waals surface area contributed by atoms with Gasteiger partial charge in [-0.3, -0.25) is 4.57 Å². The molecule has 5 rings (SSSR count). The number of piperidine rings is 1. The molecule has 0 saturated carbocycles. The van der Waals surface area contributed by atoms with Gasteiger partial charge >= 0.3 is 12.3 Å². The zero-order chi connectivity index (χ0) is 26.9. The Morgan fingerprint density at radius 2 is 1.86 bits per heavy atom. The maximum atomic E-state index is 13.6. The first kappa shape index (κ1) is 25.2. The first-order chi connectivity index (χ1) is 17.3. The Morgan fingerprint density at radius 3 is 2.49 bits per heavy atom. The number of alkyl halides is 3. The van der Waals surface area contributed by atoms with E-state index in [9.17, 15) is 28.2 Å². The van der Waals surface area contributed by atoms with Gasteiger partial charge in [-0.25, -0.2) is 4.79 Å². The van der Waals surface area contributed by atoms with E-state index in [4.69, 9.17) is 14.7 Å². The van der Waals surface area contributed by atoms with Crippen LogP contribution in [0.3, 0.4) is 0 Å². The number of aromatic nitrogens is 1. The van der Waals surface area contributed by atoms with Crippen molar-refractivity contribution in [2.75, 3.05) is 20.1 Å². The van der Waals surface area contributed by atoms with Crippen LogP contribution in [0.4, 0.5) is 18.0 Å². The van der Waals surface area contributed by atoms with Crippen LogP contribution in [0.1, 0.15) is 55.4 Å². The number of nitrogens with zero attached hydrogens (tertiary/aromatic N) is 3. The van der Waals surface area contributed by atoms with E-state index in [2.05, 4.69) is 10.2 Å². The second-order valence-corrected chi connectivity index (χ2v) is 10.3. The Kier molecular flexibility index (Phi) is 5.65. The summed E-state index contributed by atoms with van der Waals surface area (Å²) in [7, 11) is 2.00. The Labute approximate surface area is 211 Å². The molecule has 4 heterocycles. The highest BCUT2D eigenvalue weighted by molar-refractivity contribution is 5.70. The number of carbonyl (C=O) groups is 1. The molecule has 0 radical (unpaired) electrons. The van der Waals surface area contributed by atoms with Gasteiger partial charge in [-0.05, 0) is 51.9 Å².